The van der Waals surface area contributed by atoms with E-state index < -0.39 is 0 Å². The first-order valence-electron chi connectivity index (χ1n) is 5.43. The summed E-state index contributed by atoms with van der Waals surface area (Å²) in [6.07, 6.45) is 0. The normalized spacial score (nSPS) is 9.89. The number of carbonyl (C=O) groups is 1. The molecule has 0 saturated carbocycles. The lowest BCUT2D eigenvalue weighted by molar-refractivity contribution is 0.102. The van der Waals surface area contributed by atoms with Gasteiger partial charge in [-0.05, 0) is 48.5 Å². The zero-order valence-corrected chi connectivity index (χ0v) is 10.8. The first kappa shape index (κ1) is 12.5. The molecule has 4 heteroatoms. The molecule has 0 atom stereocenters. The Morgan fingerprint density at radius 1 is 1.06 bits per heavy atom. The van der Waals surface area contributed by atoms with E-state index in [-0.39, 0.29) is 5.91 Å². The Morgan fingerprint density at radius 3 is 2.22 bits per heavy atom. The molecular formula is C14H13NO2S. The van der Waals surface area contributed by atoms with Gasteiger partial charge in [-0.2, -0.15) is 0 Å². The minimum Gasteiger partial charge on any atom is -0.497 e. The summed E-state index contributed by atoms with van der Waals surface area (Å²) in [5.74, 6) is 0.579. The fraction of sp³-hybridized carbons (Fsp3) is 0.0714. The van der Waals surface area contributed by atoms with Crippen molar-refractivity contribution in [1.29, 1.82) is 0 Å². The molecule has 2 aromatic rings. The van der Waals surface area contributed by atoms with E-state index in [4.69, 9.17) is 4.74 Å². The van der Waals surface area contributed by atoms with Gasteiger partial charge in [-0.1, -0.05) is 0 Å². The molecule has 18 heavy (non-hydrogen) atoms. The van der Waals surface area contributed by atoms with Gasteiger partial charge in [0.1, 0.15) is 5.75 Å². The van der Waals surface area contributed by atoms with Crippen LogP contribution in [0.4, 0.5) is 5.69 Å². The molecule has 0 aliphatic rings. The van der Waals surface area contributed by atoms with Gasteiger partial charge in [-0.3, -0.25) is 4.79 Å². The number of ether oxygens (including phenoxy) is 1. The van der Waals surface area contributed by atoms with E-state index in [0.29, 0.717) is 5.56 Å². The Bertz CT molecular complexity index is 535. The second kappa shape index (κ2) is 5.60. The largest absolute Gasteiger partial charge is 0.497 e. The lowest BCUT2D eigenvalue weighted by Gasteiger charge is -2.06. The summed E-state index contributed by atoms with van der Waals surface area (Å²) >= 11 is 4.19. The van der Waals surface area contributed by atoms with Crippen molar-refractivity contribution in [2.45, 2.75) is 4.90 Å². The summed E-state index contributed by atoms with van der Waals surface area (Å²) in [5.41, 5.74) is 1.33. The molecule has 0 aliphatic heterocycles. The van der Waals surface area contributed by atoms with Gasteiger partial charge in [0.25, 0.3) is 5.91 Å². The van der Waals surface area contributed by atoms with Crippen LogP contribution in [0.25, 0.3) is 0 Å². The molecule has 1 N–H and O–H groups in total. The van der Waals surface area contributed by atoms with E-state index in [0.717, 1.165) is 16.3 Å². The molecule has 3 nitrogen and oxygen atoms in total. The molecule has 0 saturated heterocycles. The number of nitrogens with one attached hydrogen (secondary N) is 1. The molecule has 2 rings (SSSR count). The maximum Gasteiger partial charge on any atom is 0.255 e. The number of methoxy groups -OCH3 is 1. The van der Waals surface area contributed by atoms with Crippen molar-refractivity contribution in [1.82, 2.24) is 0 Å². The van der Waals surface area contributed by atoms with Gasteiger partial charge in [0, 0.05) is 16.1 Å². The van der Waals surface area contributed by atoms with Crippen molar-refractivity contribution < 1.29 is 9.53 Å². The molecule has 0 radical (unpaired) electrons. The Hall–Kier alpha value is -1.94. The van der Waals surface area contributed by atoms with Gasteiger partial charge in [0.15, 0.2) is 0 Å². The summed E-state index contributed by atoms with van der Waals surface area (Å²) in [6.45, 7) is 0. The smallest absolute Gasteiger partial charge is 0.255 e. The fourth-order valence-electron chi connectivity index (χ4n) is 1.49. The first-order valence-corrected chi connectivity index (χ1v) is 5.88. The van der Waals surface area contributed by atoms with E-state index in [9.17, 15) is 4.79 Å². The quantitative estimate of drug-likeness (QED) is 0.830. The number of benzene rings is 2. The zero-order chi connectivity index (χ0) is 13.0. The number of hydrogen-bond donors (Lipinski definition) is 2. The maximum atomic E-state index is 11.9. The van der Waals surface area contributed by atoms with Crippen LogP contribution in [-0.4, -0.2) is 13.0 Å². The van der Waals surface area contributed by atoms with Gasteiger partial charge in [0.05, 0.1) is 7.11 Å². The fourth-order valence-corrected chi connectivity index (χ4v) is 1.64. The summed E-state index contributed by atoms with van der Waals surface area (Å²) < 4.78 is 5.04. The van der Waals surface area contributed by atoms with Crippen LogP contribution in [0.15, 0.2) is 53.4 Å². The van der Waals surface area contributed by atoms with E-state index in [1.165, 1.54) is 0 Å². The summed E-state index contributed by atoms with van der Waals surface area (Å²) in [4.78, 5) is 12.8. The van der Waals surface area contributed by atoms with Crippen LogP contribution in [0.1, 0.15) is 10.4 Å². The lowest BCUT2D eigenvalue weighted by atomic mass is 10.2. The minimum absolute atomic E-state index is 0.149. The molecule has 1 amide bonds. The van der Waals surface area contributed by atoms with E-state index in [1.807, 2.05) is 24.3 Å². The van der Waals surface area contributed by atoms with Crippen LogP contribution in [0.3, 0.4) is 0 Å². The molecular weight excluding hydrogens is 246 g/mol. The third-order valence-electron chi connectivity index (χ3n) is 2.48. The lowest BCUT2D eigenvalue weighted by Crippen LogP contribution is -2.11. The Kier molecular flexibility index (Phi) is 3.89. The second-order valence-electron chi connectivity index (χ2n) is 3.73. The van der Waals surface area contributed by atoms with Gasteiger partial charge in [0.2, 0.25) is 0 Å². The van der Waals surface area contributed by atoms with Crippen LogP contribution in [0.5, 0.6) is 5.75 Å². The number of hydrogen-bond acceptors (Lipinski definition) is 3. The molecule has 0 unspecified atom stereocenters. The standard InChI is InChI=1S/C14H13NO2S/c1-17-12-6-2-10(3-7-12)14(16)15-11-4-8-13(18)9-5-11/h2-9,18H,1H3,(H,15,16). The summed E-state index contributed by atoms with van der Waals surface area (Å²) in [5, 5.41) is 2.81. The Balaban J connectivity index is 2.09. The zero-order valence-electron chi connectivity index (χ0n) is 9.88. The van der Waals surface area contributed by atoms with Gasteiger partial charge < -0.3 is 10.1 Å². The third kappa shape index (κ3) is 3.05. The molecule has 0 aromatic heterocycles. The first-order chi connectivity index (χ1) is 8.69. The highest BCUT2D eigenvalue weighted by Gasteiger charge is 2.05. The maximum absolute atomic E-state index is 11.9. The SMILES string of the molecule is COc1ccc(C(=O)Nc2ccc(S)cc2)cc1. The molecule has 0 bridgehead atoms. The summed E-state index contributed by atoms with van der Waals surface area (Å²) in [6, 6.07) is 14.2. The van der Waals surface area contributed by atoms with Crippen molar-refractivity contribution in [3.8, 4) is 5.75 Å². The number of amides is 1. The molecule has 2 aromatic carbocycles. The summed E-state index contributed by atoms with van der Waals surface area (Å²) in [7, 11) is 1.59. The third-order valence-corrected chi connectivity index (χ3v) is 2.78. The van der Waals surface area contributed by atoms with Crippen LogP contribution >= 0.6 is 12.6 Å². The highest BCUT2D eigenvalue weighted by molar-refractivity contribution is 7.80. The molecule has 0 aliphatic carbocycles. The Labute approximate surface area is 111 Å². The highest BCUT2D eigenvalue weighted by Crippen LogP contribution is 2.15. The van der Waals surface area contributed by atoms with Crippen LogP contribution in [0.2, 0.25) is 0 Å². The van der Waals surface area contributed by atoms with Crippen molar-refractivity contribution in [2.75, 3.05) is 12.4 Å². The van der Waals surface area contributed by atoms with E-state index in [1.54, 1.807) is 31.4 Å². The van der Waals surface area contributed by atoms with Gasteiger partial charge in [-0.25, -0.2) is 0 Å². The molecule has 0 spiro atoms. The van der Waals surface area contributed by atoms with Crippen LogP contribution < -0.4 is 10.1 Å². The van der Waals surface area contributed by atoms with E-state index >= 15 is 0 Å². The van der Waals surface area contributed by atoms with Crippen molar-refractivity contribution in [2.24, 2.45) is 0 Å². The minimum atomic E-state index is -0.149. The van der Waals surface area contributed by atoms with Crippen molar-refractivity contribution in [3.63, 3.8) is 0 Å². The second-order valence-corrected chi connectivity index (χ2v) is 4.25. The average Bonchev–Trinajstić information content (AvgIpc) is 2.41. The monoisotopic (exact) mass is 259 g/mol. The van der Waals surface area contributed by atoms with Crippen molar-refractivity contribution in [3.05, 3.63) is 54.1 Å². The Morgan fingerprint density at radius 2 is 1.67 bits per heavy atom. The number of carbonyl (C=O) groups excluding carboxylic acids is 1. The van der Waals surface area contributed by atoms with E-state index in [2.05, 4.69) is 17.9 Å². The van der Waals surface area contributed by atoms with Crippen LogP contribution in [-0.2, 0) is 0 Å². The predicted molar refractivity (Wildman–Crippen MR) is 74.6 cm³/mol. The van der Waals surface area contributed by atoms with Crippen LogP contribution in [0, 0.1) is 0 Å². The molecule has 92 valence electrons. The van der Waals surface area contributed by atoms with Gasteiger partial charge >= 0.3 is 0 Å². The molecule has 0 fully saturated rings. The topological polar surface area (TPSA) is 38.3 Å². The molecule has 0 heterocycles. The number of rotatable bonds is 3. The predicted octanol–water partition coefficient (Wildman–Crippen LogP) is 3.24. The number of anilines is 1. The average molecular weight is 259 g/mol. The highest BCUT2D eigenvalue weighted by atomic mass is 32.1. The van der Waals surface area contributed by atoms with Crippen molar-refractivity contribution >= 4 is 24.2 Å². The number of thiol groups is 1. The van der Waals surface area contributed by atoms with Gasteiger partial charge in [-0.15, -0.1) is 12.6 Å².